The molecule has 1 fully saturated rings. The molecule has 0 saturated heterocycles. The number of benzene rings is 1. The van der Waals surface area contributed by atoms with Crippen LogP contribution in [0.4, 0.5) is 0 Å². The first kappa shape index (κ1) is 16.1. The maximum Gasteiger partial charge on any atom is 0.254 e. The maximum absolute atomic E-state index is 12.4. The fraction of sp³-hybridized carbons (Fsp3) is 0.450. The van der Waals surface area contributed by atoms with Crippen molar-refractivity contribution < 1.29 is 4.79 Å². The lowest BCUT2D eigenvalue weighted by atomic mass is 9.92. The van der Waals surface area contributed by atoms with E-state index >= 15 is 0 Å². The summed E-state index contributed by atoms with van der Waals surface area (Å²) < 4.78 is 0. The van der Waals surface area contributed by atoms with Gasteiger partial charge in [-0.3, -0.25) is 9.59 Å². The third-order valence-electron chi connectivity index (χ3n) is 5.60. The van der Waals surface area contributed by atoms with Gasteiger partial charge in [0.05, 0.1) is 0 Å². The summed E-state index contributed by atoms with van der Waals surface area (Å²) in [6.45, 7) is 3.58. The highest BCUT2D eigenvalue weighted by atomic mass is 16.1. The molecule has 2 aliphatic rings. The van der Waals surface area contributed by atoms with Gasteiger partial charge in [-0.15, -0.1) is 0 Å². The zero-order valence-electron chi connectivity index (χ0n) is 14.6. The summed E-state index contributed by atoms with van der Waals surface area (Å²) in [6, 6.07) is 8.82. The third kappa shape index (κ3) is 2.99. The quantitative estimate of drug-likeness (QED) is 0.898. The lowest BCUT2D eigenvalue weighted by Crippen LogP contribution is -2.28. The topological polar surface area (TPSA) is 74.8 Å². The third-order valence-corrected chi connectivity index (χ3v) is 5.60. The molecule has 3 atom stereocenters. The molecule has 5 heteroatoms. The average molecular weight is 337 g/mol. The molecule has 0 bridgehead atoms. The molecule has 1 heterocycles. The van der Waals surface area contributed by atoms with Crippen molar-refractivity contribution in [2.45, 2.75) is 51.5 Å². The Morgan fingerprint density at radius 2 is 2.12 bits per heavy atom. The molecule has 0 unspecified atom stereocenters. The molecule has 2 aliphatic carbocycles. The molecular weight excluding hydrogens is 314 g/mol. The largest absolute Gasteiger partial charge is 0.352 e. The molecule has 0 radical (unpaired) electrons. The van der Waals surface area contributed by atoms with E-state index in [1.54, 1.807) is 6.92 Å². The fourth-order valence-electron chi connectivity index (χ4n) is 4.31. The molecule has 25 heavy (non-hydrogen) atoms. The number of aromatic amines is 1. The van der Waals surface area contributed by atoms with Crippen LogP contribution in [0.25, 0.3) is 0 Å². The summed E-state index contributed by atoms with van der Waals surface area (Å²) in [5.41, 5.74) is 4.02. The van der Waals surface area contributed by atoms with Crippen molar-refractivity contribution in [1.82, 2.24) is 15.3 Å². The van der Waals surface area contributed by atoms with Gasteiger partial charge in [0.15, 0.2) is 0 Å². The van der Waals surface area contributed by atoms with E-state index in [0.717, 1.165) is 12.8 Å². The van der Waals surface area contributed by atoms with Crippen LogP contribution in [0.2, 0.25) is 0 Å². The van der Waals surface area contributed by atoms with Gasteiger partial charge in [0.25, 0.3) is 5.56 Å². The first-order valence-electron chi connectivity index (χ1n) is 8.98. The zero-order valence-corrected chi connectivity index (χ0v) is 14.6. The predicted octanol–water partition coefficient (Wildman–Crippen LogP) is 2.16. The number of rotatable bonds is 4. The van der Waals surface area contributed by atoms with Gasteiger partial charge in [-0.2, -0.15) is 0 Å². The fourth-order valence-corrected chi connectivity index (χ4v) is 4.31. The Balaban J connectivity index is 1.38. The second-order valence-corrected chi connectivity index (χ2v) is 7.24. The van der Waals surface area contributed by atoms with E-state index in [1.807, 2.05) is 6.92 Å². The SMILES string of the molecule is Cc1nc(C)c(CCC(=O)N[C@@H]2[C@H]3CCc4ccccc4[C@H]32)c(=O)[nH]1. The van der Waals surface area contributed by atoms with Crippen LogP contribution >= 0.6 is 0 Å². The van der Waals surface area contributed by atoms with Crippen molar-refractivity contribution >= 4 is 5.91 Å². The van der Waals surface area contributed by atoms with Crippen LogP contribution in [0.5, 0.6) is 0 Å². The molecule has 4 rings (SSSR count). The minimum Gasteiger partial charge on any atom is -0.352 e. The molecule has 2 N–H and O–H groups in total. The number of nitrogens with zero attached hydrogens (tertiary/aromatic N) is 1. The minimum atomic E-state index is -0.133. The highest BCUT2D eigenvalue weighted by molar-refractivity contribution is 5.77. The summed E-state index contributed by atoms with van der Waals surface area (Å²) >= 11 is 0. The van der Waals surface area contributed by atoms with Crippen LogP contribution < -0.4 is 10.9 Å². The van der Waals surface area contributed by atoms with E-state index in [0.29, 0.717) is 41.8 Å². The lowest BCUT2D eigenvalue weighted by molar-refractivity contribution is -0.121. The predicted molar refractivity (Wildman–Crippen MR) is 95.6 cm³/mol. The number of aryl methyl sites for hydroxylation is 3. The molecule has 1 saturated carbocycles. The van der Waals surface area contributed by atoms with E-state index in [2.05, 4.69) is 39.6 Å². The number of nitrogens with one attached hydrogen (secondary N) is 2. The summed E-state index contributed by atoms with van der Waals surface area (Å²) in [6.07, 6.45) is 3.01. The number of aromatic nitrogens is 2. The molecule has 0 aliphatic heterocycles. The van der Waals surface area contributed by atoms with Gasteiger partial charge in [-0.1, -0.05) is 24.3 Å². The van der Waals surface area contributed by atoms with E-state index < -0.39 is 0 Å². The summed E-state index contributed by atoms with van der Waals surface area (Å²) in [5.74, 6) is 1.68. The van der Waals surface area contributed by atoms with E-state index in [1.165, 1.54) is 11.1 Å². The Hall–Kier alpha value is -2.43. The Morgan fingerprint density at radius 3 is 2.92 bits per heavy atom. The number of amides is 1. The molecular formula is C20H23N3O2. The molecule has 2 aromatic rings. The van der Waals surface area contributed by atoms with Crippen molar-refractivity contribution in [1.29, 1.82) is 0 Å². The monoisotopic (exact) mass is 337 g/mol. The summed E-state index contributed by atoms with van der Waals surface area (Å²) in [4.78, 5) is 31.4. The number of hydrogen-bond donors (Lipinski definition) is 2. The van der Waals surface area contributed by atoms with Crippen LogP contribution in [0.1, 0.15) is 47.0 Å². The van der Waals surface area contributed by atoms with Crippen LogP contribution in [0.15, 0.2) is 29.1 Å². The smallest absolute Gasteiger partial charge is 0.254 e. The Kier molecular flexibility index (Phi) is 3.94. The van der Waals surface area contributed by atoms with Gasteiger partial charge in [0, 0.05) is 29.6 Å². The Morgan fingerprint density at radius 1 is 1.32 bits per heavy atom. The first-order valence-corrected chi connectivity index (χ1v) is 8.98. The molecule has 130 valence electrons. The van der Waals surface area contributed by atoms with Crippen molar-refractivity contribution in [2.24, 2.45) is 5.92 Å². The van der Waals surface area contributed by atoms with Crippen LogP contribution in [-0.4, -0.2) is 21.9 Å². The second-order valence-electron chi connectivity index (χ2n) is 7.24. The van der Waals surface area contributed by atoms with Gasteiger partial charge >= 0.3 is 0 Å². The number of carbonyl (C=O) groups excluding carboxylic acids is 1. The molecule has 1 amide bonds. The standard InChI is InChI=1S/C20H23N3O2/c1-11-14(20(25)22-12(2)21-11)9-10-17(24)23-19-16-8-7-13-5-3-4-6-15(13)18(16)19/h3-6,16,18-19H,7-10H2,1-2H3,(H,23,24)(H,21,22,25)/t16-,18+,19+/m0/s1. The summed E-state index contributed by atoms with van der Waals surface area (Å²) in [7, 11) is 0. The maximum atomic E-state index is 12.4. The number of hydrogen-bond acceptors (Lipinski definition) is 3. The van der Waals surface area contributed by atoms with Gasteiger partial charge < -0.3 is 10.3 Å². The highest BCUT2D eigenvalue weighted by Crippen LogP contribution is 2.54. The molecule has 0 spiro atoms. The average Bonchev–Trinajstić information content (AvgIpc) is 3.27. The molecule has 5 nitrogen and oxygen atoms in total. The Labute approximate surface area is 146 Å². The minimum absolute atomic E-state index is 0.0243. The van der Waals surface area contributed by atoms with Crippen LogP contribution in [0.3, 0.4) is 0 Å². The van der Waals surface area contributed by atoms with Crippen molar-refractivity contribution in [3.05, 3.63) is 62.8 Å². The Bertz CT molecular complexity index is 887. The normalized spacial score (nSPS) is 23.5. The highest BCUT2D eigenvalue weighted by Gasteiger charge is 2.53. The number of carbonyl (C=O) groups is 1. The van der Waals surface area contributed by atoms with E-state index in [4.69, 9.17) is 0 Å². The first-order chi connectivity index (χ1) is 12.0. The number of fused-ring (bicyclic) bond motifs is 3. The van der Waals surface area contributed by atoms with Crippen molar-refractivity contribution in [2.75, 3.05) is 0 Å². The second kappa shape index (κ2) is 6.14. The van der Waals surface area contributed by atoms with Crippen molar-refractivity contribution in [3.8, 4) is 0 Å². The van der Waals surface area contributed by atoms with Gasteiger partial charge in [0.1, 0.15) is 5.82 Å². The van der Waals surface area contributed by atoms with Gasteiger partial charge in [-0.25, -0.2) is 4.98 Å². The molecule has 1 aromatic carbocycles. The number of H-pyrrole nitrogens is 1. The summed E-state index contributed by atoms with van der Waals surface area (Å²) in [5, 5.41) is 3.19. The van der Waals surface area contributed by atoms with Crippen LogP contribution in [-0.2, 0) is 17.6 Å². The van der Waals surface area contributed by atoms with Crippen LogP contribution in [0, 0.1) is 19.8 Å². The lowest BCUT2D eigenvalue weighted by Gasteiger charge is -2.13. The van der Waals surface area contributed by atoms with Gasteiger partial charge in [-0.05, 0) is 50.2 Å². The van der Waals surface area contributed by atoms with Crippen molar-refractivity contribution in [3.63, 3.8) is 0 Å². The van der Waals surface area contributed by atoms with Gasteiger partial charge in [0.2, 0.25) is 5.91 Å². The molecule has 1 aromatic heterocycles. The zero-order chi connectivity index (χ0) is 17.6. The van der Waals surface area contributed by atoms with E-state index in [9.17, 15) is 9.59 Å². The van der Waals surface area contributed by atoms with E-state index in [-0.39, 0.29) is 17.5 Å².